The van der Waals surface area contributed by atoms with Crippen LogP contribution in [0, 0.1) is 5.82 Å². The number of nitrogens with one attached hydrogen (secondary N) is 1. The summed E-state index contributed by atoms with van der Waals surface area (Å²) in [6.07, 6.45) is 1.89. The monoisotopic (exact) mass is 370 g/mol. The van der Waals surface area contributed by atoms with Gasteiger partial charge in [-0.3, -0.25) is 4.79 Å². The van der Waals surface area contributed by atoms with Crippen molar-refractivity contribution < 1.29 is 18.7 Å². The molecular weight excluding hydrogens is 355 g/mol. The Balaban J connectivity index is 2.17. The SMILES string of the molecule is CCOC(=O)C(Cc1cnc(-c2ccc(F)c(Cl)c2)s1)NC(C)=O. The second-order valence-electron chi connectivity index (χ2n) is 4.97. The lowest BCUT2D eigenvalue weighted by Crippen LogP contribution is -2.42. The molecule has 0 saturated carbocycles. The molecule has 1 amide bonds. The van der Waals surface area contributed by atoms with E-state index in [1.807, 2.05) is 0 Å². The molecule has 128 valence electrons. The van der Waals surface area contributed by atoms with Gasteiger partial charge in [0.25, 0.3) is 0 Å². The lowest BCUT2D eigenvalue weighted by Gasteiger charge is -2.15. The molecule has 5 nitrogen and oxygen atoms in total. The first-order valence-corrected chi connectivity index (χ1v) is 8.44. The van der Waals surface area contributed by atoms with E-state index in [0.29, 0.717) is 10.6 Å². The van der Waals surface area contributed by atoms with Crippen LogP contribution in [0.25, 0.3) is 10.6 Å². The van der Waals surface area contributed by atoms with Gasteiger partial charge in [-0.1, -0.05) is 11.6 Å². The number of thiazole rings is 1. The van der Waals surface area contributed by atoms with Crippen LogP contribution in [-0.2, 0) is 20.7 Å². The van der Waals surface area contributed by atoms with Crippen molar-refractivity contribution in [3.8, 4) is 10.6 Å². The van der Waals surface area contributed by atoms with Crippen molar-refractivity contribution in [2.24, 2.45) is 0 Å². The summed E-state index contributed by atoms with van der Waals surface area (Å²) in [6.45, 7) is 3.27. The number of aromatic nitrogens is 1. The highest BCUT2D eigenvalue weighted by atomic mass is 35.5. The van der Waals surface area contributed by atoms with E-state index in [-0.39, 0.29) is 24.0 Å². The number of carbonyl (C=O) groups is 2. The predicted molar refractivity (Wildman–Crippen MR) is 90.5 cm³/mol. The van der Waals surface area contributed by atoms with E-state index in [9.17, 15) is 14.0 Å². The number of hydrogen-bond donors (Lipinski definition) is 1. The van der Waals surface area contributed by atoms with Crippen LogP contribution in [0.4, 0.5) is 4.39 Å². The first kappa shape index (κ1) is 18.4. The molecule has 2 aromatic rings. The zero-order chi connectivity index (χ0) is 17.7. The van der Waals surface area contributed by atoms with Crippen molar-refractivity contribution in [3.05, 3.63) is 40.1 Å². The molecule has 0 saturated heterocycles. The third-order valence-corrected chi connectivity index (χ3v) is 4.43. The van der Waals surface area contributed by atoms with Gasteiger partial charge in [0.2, 0.25) is 5.91 Å². The number of carbonyl (C=O) groups excluding carboxylic acids is 2. The fourth-order valence-corrected chi connectivity index (χ4v) is 3.18. The average Bonchev–Trinajstić information content (AvgIpc) is 2.98. The van der Waals surface area contributed by atoms with Crippen molar-refractivity contribution >= 4 is 34.8 Å². The molecule has 2 rings (SSSR count). The Morgan fingerprint density at radius 3 is 2.83 bits per heavy atom. The number of nitrogens with zero attached hydrogens (tertiary/aromatic N) is 1. The summed E-state index contributed by atoms with van der Waals surface area (Å²) in [5.74, 6) is -1.30. The van der Waals surface area contributed by atoms with E-state index in [0.717, 1.165) is 4.88 Å². The standard InChI is InChI=1S/C16H16ClFN2O3S/c1-3-23-16(22)14(20-9(2)21)7-11-8-19-15(24-11)10-4-5-13(18)12(17)6-10/h4-6,8,14H,3,7H2,1-2H3,(H,20,21). The molecule has 0 aliphatic rings. The Morgan fingerprint density at radius 2 is 2.21 bits per heavy atom. The fourth-order valence-electron chi connectivity index (χ4n) is 2.05. The molecule has 1 atom stereocenters. The van der Waals surface area contributed by atoms with Crippen LogP contribution in [-0.4, -0.2) is 29.5 Å². The fraction of sp³-hybridized carbons (Fsp3) is 0.312. The number of hydrogen-bond acceptors (Lipinski definition) is 5. The van der Waals surface area contributed by atoms with E-state index >= 15 is 0 Å². The Kier molecular flexibility index (Phi) is 6.28. The molecule has 1 aromatic carbocycles. The van der Waals surface area contributed by atoms with Crippen LogP contribution >= 0.6 is 22.9 Å². The van der Waals surface area contributed by atoms with Gasteiger partial charge >= 0.3 is 5.97 Å². The summed E-state index contributed by atoms with van der Waals surface area (Å²) in [7, 11) is 0. The minimum atomic E-state index is -0.771. The van der Waals surface area contributed by atoms with Gasteiger partial charge in [0.1, 0.15) is 16.9 Å². The molecule has 1 aromatic heterocycles. The third kappa shape index (κ3) is 4.75. The van der Waals surface area contributed by atoms with Crippen LogP contribution in [0.2, 0.25) is 5.02 Å². The average molecular weight is 371 g/mol. The summed E-state index contributed by atoms with van der Waals surface area (Å²) in [6, 6.07) is 3.58. The molecule has 0 fully saturated rings. The smallest absolute Gasteiger partial charge is 0.329 e. The highest BCUT2D eigenvalue weighted by Gasteiger charge is 2.22. The maximum Gasteiger partial charge on any atom is 0.329 e. The quantitative estimate of drug-likeness (QED) is 0.793. The Hall–Kier alpha value is -1.99. The van der Waals surface area contributed by atoms with Crippen molar-refractivity contribution in [2.45, 2.75) is 26.3 Å². The molecule has 0 aliphatic carbocycles. The van der Waals surface area contributed by atoms with Gasteiger partial charge < -0.3 is 10.1 Å². The van der Waals surface area contributed by atoms with Crippen LogP contribution in [0.3, 0.4) is 0 Å². The van der Waals surface area contributed by atoms with Gasteiger partial charge in [-0.25, -0.2) is 14.2 Å². The van der Waals surface area contributed by atoms with Crippen LogP contribution in [0.1, 0.15) is 18.7 Å². The van der Waals surface area contributed by atoms with Crippen LogP contribution < -0.4 is 5.32 Å². The summed E-state index contributed by atoms with van der Waals surface area (Å²) in [5.41, 5.74) is 0.685. The topological polar surface area (TPSA) is 68.3 Å². The Bertz CT molecular complexity index is 751. The van der Waals surface area contributed by atoms with Gasteiger partial charge in [0, 0.05) is 30.0 Å². The van der Waals surface area contributed by atoms with Gasteiger partial charge in [-0.05, 0) is 25.1 Å². The Morgan fingerprint density at radius 1 is 1.46 bits per heavy atom. The number of amides is 1. The van der Waals surface area contributed by atoms with E-state index < -0.39 is 17.8 Å². The normalized spacial score (nSPS) is 11.8. The number of esters is 1. The molecule has 1 heterocycles. The maximum atomic E-state index is 13.2. The second kappa shape index (κ2) is 8.21. The third-order valence-electron chi connectivity index (χ3n) is 3.07. The molecule has 0 bridgehead atoms. The minimum Gasteiger partial charge on any atom is -0.464 e. The molecule has 24 heavy (non-hydrogen) atoms. The molecule has 0 aliphatic heterocycles. The van der Waals surface area contributed by atoms with E-state index in [1.165, 1.54) is 30.4 Å². The van der Waals surface area contributed by atoms with Crippen LogP contribution in [0.15, 0.2) is 24.4 Å². The minimum absolute atomic E-state index is 0.0203. The molecular formula is C16H16ClFN2O3S. The summed E-state index contributed by atoms with van der Waals surface area (Å²) in [4.78, 5) is 28.3. The second-order valence-corrected chi connectivity index (χ2v) is 6.49. The van der Waals surface area contributed by atoms with E-state index in [1.54, 1.807) is 19.2 Å². The first-order valence-electron chi connectivity index (χ1n) is 7.24. The maximum absolute atomic E-state index is 13.2. The molecule has 0 radical (unpaired) electrons. The van der Waals surface area contributed by atoms with Crippen molar-refractivity contribution in [1.29, 1.82) is 0 Å². The van der Waals surface area contributed by atoms with Gasteiger partial charge in [-0.2, -0.15) is 0 Å². The zero-order valence-electron chi connectivity index (χ0n) is 13.1. The lowest BCUT2D eigenvalue weighted by atomic mass is 10.2. The molecule has 1 unspecified atom stereocenters. The van der Waals surface area contributed by atoms with Gasteiger partial charge in [0.15, 0.2) is 0 Å². The van der Waals surface area contributed by atoms with Crippen molar-refractivity contribution in [1.82, 2.24) is 10.3 Å². The Labute approximate surface area is 147 Å². The van der Waals surface area contributed by atoms with Gasteiger partial charge in [0.05, 0.1) is 11.6 Å². The number of benzene rings is 1. The summed E-state index contributed by atoms with van der Waals surface area (Å²) in [5, 5.41) is 3.24. The number of halogens is 2. The highest BCUT2D eigenvalue weighted by Crippen LogP contribution is 2.29. The van der Waals surface area contributed by atoms with E-state index in [4.69, 9.17) is 16.3 Å². The number of ether oxygens (including phenoxy) is 1. The van der Waals surface area contributed by atoms with Gasteiger partial charge in [-0.15, -0.1) is 11.3 Å². The van der Waals surface area contributed by atoms with E-state index in [2.05, 4.69) is 10.3 Å². The van der Waals surface area contributed by atoms with Crippen LogP contribution in [0.5, 0.6) is 0 Å². The summed E-state index contributed by atoms with van der Waals surface area (Å²) < 4.78 is 18.2. The first-order chi connectivity index (χ1) is 11.4. The zero-order valence-corrected chi connectivity index (χ0v) is 14.7. The largest absolute Gasteiger partial charge is 0.464 e. The molecule has 0 spiro atoms. The van der Waals surface area contributed by atoms with Crippen molar-refractivity contribution in [2.75, 3.05) is 6.61 Å². The number of rotatable bonds is 6. The predicted octanol–water partition coefficient (Wildman–Crippen LogP) is 3.21. The summed E-state index contributed by atoms with van der Waals surface area (Å²) >= 11 is 7.12. The molecule has 8 heteroatoms. The highest BCUT2D eigenvalue weighted by molar-refractivity contribution is 7.15. The molecule has 1 N–H and O–H groups in total. The van der Waals surface area contributed by atoms with Crippen molar-refractivity contribution in [3.63, 3.8) is 0 Å². The lowest BCUT2D eigenvalue weighted by molar-refractivity contribution is -0.147.